The summed E-state index contributed by atoms with van der Waals surface area (Å²) in [5.74, 6) is 0.855. The molecule has 1 aliphatic rings. The Morgan fingerprint density at radius 1 is 0.938 bits per heavy atom. The fraction of sp³-hybridized carbons (Fsp3) is 0. The standard InChI is InChI=1S/C14H11NO/c15-12-8-5-7-11-10-6-3-1-2-4-9-13(10)16-14(11)12/h1-9H,15H2/b2-1-,3-1?,4-2?,6-3?,9-4+,10-6?,13-9?. The average molecular weight is 209 g/mol. The molecule has 1 aliphatic carbocycles. The second kappa shape index (κ2) is 3.42. The number of hydrogen-bond donors (Lipinski definition) is 1. The van der Waals surface area contributed by atoms with Gasteiger partial charge in [0.2, 0.25) is 0 Å². The zero-order chi connectivity index (χ0) is 11.0. The summed E-state index contributed by atoms with van der Waals surface area (Å²) in [5, 5.41) is 1.06. The highest BCUT2D eigenvalue weighted by molar-refractivity contribution is 5.97. The van der Waals surface area contributed by atoms with Crippen molar-refractivity contribution in [3.63, 3.8) is 0 Å². The van der Waals surface area contributed by atoms with Crippen LogP contribution in [0.1, 0.15) is 11.3 Å². The third kappa shape index (κ3) is 1.27. The minimum atomic E-state index is 0.680. The Morgan fingerprint density at radius 3 is 2.62 bits per heavy atom. The van der Waals surface area contributed by atoms with Gasteiger partial charge in [-0.25, -0.2) is 0 Å². The zero-order valence-corrected chi connectivity index (χ0v) is 8.68. The molecule has 16 heavy (non-hydrogen) atoms. The van der Waals surface area contributed by atoms with Gasteiger partial charge in [0.05, 0.1) is 5.69 Å². The van der Waals surface area contributed by atoms with Crippen molar-refractivity contribution in [2.24, 2.45) is 0 Å². The molecule has 2 heteroatoms. The summed E-state index contributed by atoms with van der Waals surface area (Å²) in [6.07, 6.45) is 11.9. The van der Waals surface area contributed by atoms with Crippen molar-refractivity contribution >= 4 is 28.8 Å². The minimum Gasteiger partial charge on any atom is -0.454 e. The van der Waals surface area contributed by atoms with E-state index in [9.17, 15) is 0 Å². The monoisotopic (exact) mass is 209 g/mol. The second-order valence-corrected chi connectivity index (χ2v) is 3.71. The van der Waals surface area contributed by atoms with Gasteiger partial charge in [0.15, 0.2) is 5.58 Å². The van der Waals surface area contributed by atoms with E-state index < -0.39 is 0 Å². The van der Waals surface area contributed by atoms with Gasteiger partial charge in [-0.3, -0.25) is 0 Å². The SMILES string of the molecule is Nc1cccc2c3c(oc12)/C=C/C=C\C=C3. The Balaban J connectivity index is 2.39. The highest BCUT2D eigenvalue weighted by Crippen LogP contribution is 2.32. The van der Waals surface area contributed by atoms with Crippen LogP contribution in [0.25, 0.3) is 23.1 Å². The predicted octanol–water partition coefficient (Wildman–Crippen LogP) is 3.61. The van der Waals surface area contributed by atoms with E-state index in [1.54, 1.807) is 0 Å². The fourth-order valence-electron chi connectivity index (χ4n) is 1.90. The lowest BCUT2D eigenvalue weighted by Gasteiger charge is -1.93. The number of anilines is 1. The van der Waals surface area contributed by atoms with Gasteiger partial charge in [-0.05, 0) is 12.1 Å². The van der Waals surface area contributed by atoms with Crippen molar-refractivity contribution in [3.8, 4) is 0 Å². The maximum atomic E-state index is 5.89. The maximum absolute atomic E-state index is 5.89. The van der Waals surface area contributed by atoms with Gasteiger partial charge < -0.3 is 10.2 Å². The molecule has 0 saturated carbocycles. The first-order valence-corrected chi connectivity index (χ1v) is 5.18. The summed E-state index contributed by atoms with van der Waals surface area (Å²) in [7, 11) is 0. The molecule has 2 aromatic rings. The zero-order valence-electron chi connectivity index (χ0n) is 8.68. The quantitative estimate of drug-likeness (QED) is 0.673. The maximum Gasteiger partial charge on any atom is 0.158 e. The Kier molecular flexibility index (Phi) is 1.93. The molecule has 0 saturated heterocycles. The number of hydrogen-bond acceptors (Lipinski definition) is 2. The van der Waals surface area contributed by atoms with E-state index >= 15 is 0 Å². The molecule has 0 aliphatic heterocycles. The fourth-order valence-corrected chi connectivity index (χ4v) is 1.90. The molecule has 0 fully saturated rings. The molecule has 0 radical (unpaired) electrons. The number of furan rings is 1. The smallest absolute Gasteiger partial charge is 0.158 e. The molecule has 0 spiro atoms. The van der Waals surface area contributed by atoms with Gasteiger partial charge in [0, 0.05) is 10.9 Å². The van der Waals surface area contributed by atoms with Crippen molar-refractivity contribution in [2.45, 2.75) is 0 Å². The highest BCUT2D eigenvalue weighted by Gasteiger charge is 2.11. The van der Waals surface area contributed by atoms with Crippen LogP contribution >= 0.6 is 0 Å². The second-order valence-electron chi connectivity index (χ2n) is 3.71. The molecule has 2 N–H and O–H groups in total. The van der Waals surface area contributed by atoms with Crippen LogP contribution in [0, 0.1) is 0 Å². The first-order valence-electron chi connectivity index (χ1n) is 5.18. The van der Waals surface area contributed by atoms with Crippen LogP contribution in [0.3, 0.4) is 0 Å². The summed E-state index contributed by atoms with van der Waals surface area (Å²) in [5.41, 5.74) is 8.42. The molecule has 1 aromatic heterocycles. The van der Waals surface area contributed by atoms with E-state index in [2.05, 4.69) is 0 Å². The summed E-state index contributed by atoms with van der Waals surface area (Å²) >= 11 is 0. The summed E-state index contributed by atoms with van der Waals surface area (Å²) in [6.45, 7) is 0. The molecular weight excluding hydrogens is 198 g/mol. The largest absolute Gasteiger partial charge is 0.454 e. The Morgan fingerprint density at radius 2 is 1.75 bits per heavy atom. The lowest BCUT2D eigenvalue weighted by molar-refractivity contribution is 0.604. The van der Waals surface area contributed by atoms with Crippen LogP contribution < -0.4 is 5.73 Å². The van der Waals surface area contributed by atoms with Crippen molar-refractivity contribution in [1.82, 2.24) is 0 Å². The predicted molar refractivity (Wildman–Crippen MR) is 67.8 cm³/mol. The summed E-state index contributed by atoms with van der Waals surface area (Å²) in [4.78, 5) is 0. The first kappa shape index (κ1) is 9.04. The molecule has 3 rings (SSSR count). The van der Waals surface area contributed by atoms with Gasteiger partial charge in [-0.1, -0.05) is 42.5 Å². The Bertz CT molecular complexity index is 629. The normalized spacial score (nSPS) is 17.8. The van der Waals surface area contributed by atoms with E-state index in [0.717, 1.165) is 22.3 Å². The number of allylic oxidation sites excluding steroid dienone is 4. The Hall–Kier alpha value is -2.22. The molecule has 0 bridgehead atoms. The lowest BCUT2D eigenvalue weighted by atomic mass is 10.1. The molecule has 1 aromatic carbocycles. The van der Waals surface area contributed by atoms with Crippen LogP contribution in [-0.4, -0.2) is 0 Å². The van der Waals surface area contributed by atoms with Gasteiger partial charge in [-0.2, -0.15) is 0 Å². The van der Waals surface area contributed by atoms with E-state index in [4.69, 9.17) is 10.2 Å². The van der Waals surface area contributed by atoms with Crippen LogP contribution in [-0.2, 0) is 0 Å². The molecule has 0 unspecified atom stereocenters. The van der Waals surface area contributed by atoms with Crippen molar-refractivity contribution < 1.29 is 4.42 Å². The minimum absolute atomic E-state index is 0.680. The van der Waals surface area contributed by atoms with Gasteiger partial charge in [0.1, 0.15) is 5.76 Å². The van der Waals surface area contributed by atoms with Crippen molar-refractivity contribution in [3.05, 3.63) is 53.8 Å². The topological polar surface area (TPSA) is 39.2 Å². The molecule has 0 amide bonds. The number of nitrogens with two attached hydrogens (primary N) is 1. The number of fused-ring (bicyclic) bond motifs is 3. The van der Waals surface area contributed by atoms with Crippen LogP contribution in [0.15, 0.2) is 46.9 Å². The molecule has 2 nitrogen and oxygen atoms in total. The lowest BCUT2D eigenvalue weighted by Crippen LogP contribution is -1.83. The number of rotatable bonds is 0. The van der Waals surface area contributed by atoms with Gasteiger partial charge in [-0.15, -0.1) is 0 Å². The van der Waals surface area contributed by atoms with E-state index in [-0.39, 0.29) is 0 Å². The van der Waals surface area contributed by atoms with E-state index in [0.29, 0.717) is 5.69 Å². The van der Waals surface area contributed by atoms with Gasteiger partial charge >= 0.3 is 0 Å². The highest BCUT2D eigenvalue weighted by atomic mass is 16.3. The summed E-state index contributed by atoms with van der Waals surface area (Å²) < 4.78 is 5.76. The third-order valence-electron chi connectivity index (χ3n) is 2.66. The van der Waals surface area contributed by atoms with E-state index in [1.807, 2.05) is 54.7 Å². The first-order chi connectivity index (χ1) is 7.86. The van der Waals surface area contributed by atoms with Crippen LogP contribution in [0.4, 0.5) is 5.69 Å². The van der Waals surface area contributed by atoms with Crippen molar-refractivity contribution in [1.29, 1.82) is 0 Å². The van der Waals surface area contributed by atoms with Crippen LogP contribution in [0.5, 0.6) is 0 Å². The summed E-state index contributed by atoms with van der Waals surface area (Å²) in [6, 6.07) is 5.82. The van der Waals surface area contributed by atoms with Crippen LogP contribution in [0.2, 0.25) is 0 Å². The van der Waals surface area contributed by atoms with E-state index in [1.165, 1.54) is 0 Å². The molecule has 1 heterocycles. The number of para-hydroxylation sites is 1. The number of nitrogen functional groups attached to an aromatic ring is 1. The Labute approximate surface area is 93.4 Å². The third-order valence-corrected chi connectivity index (χ3v) is 2.66. The number of benzene rings is 1. The molecule has 78 valence electrons. The van der Waals surface area contributed by atoms with Crippen molar-refractivity contribution in [2.75, 3.05) is 5.73 Å². The average Bonchev–Trinajstić information content (AvgIpc) is 2.57. The molecular formula is C14H11NO. The van der Waals surface area contributed by atoms with Gasteiger partial charge in [0.25, 0.3) is 0 Å². The molecule has 0 atom stereocenters.